The Bertz CT molecular complexity index is 1070. The molecule has 2 heterocycles. The third-order valence-corrected chi connectivity index (χ3v) is 4.87. The molecule has 2 aromatic heterocycles. The normalized spacial score (nSPS) is 13.5. The summed E-state index contributed by atoms with van der Waals surface area (Å²) in [7, 11) is 0. The van der Waals surface area contributed by atoms with Crippen molar-refractivity contribution in [3.63, 3.8) is 0 Å². The summed E-state index contributed by atoms with van der Waals surface area (Å²) in [5.74, 6) is 4.14. The van der Waals surface area contributed by atoms with E-state index in [0.717, 1.165) is 28.5 Å². The van der Waals surface area contributed by atoms with E-state index in [1.165, 1.54) is 12.8 Å². The molecule has 0 bridgehead atoms. The number of benzene rings is 2. The number of hydrogen-bond donors (Lipinski definition) is 0. The van der Waals surface area contributed by atoms with Gasteiger partial charge in [0.05, 0.1) is 19.0 Å². The van der Waals surface area contributed by atoms with Crippen LogP contribution in [0.1, 0.15) is 53.3 Å². The second-order valence-electron chi connectivity index (χ2n) is 7.32. The van der Waals surface area contributed by atoms with Crippen LogP contribution in [0.15, 0.2) is 69.7 Å². The molecule has 0 saturated heterocycles. The number of ether oxygens (including phenoxy) is 1. The number of oxazole rings is 1. The molecule has 6 heteroatoms. The Morgan fingerprint density at radius 3 is 2.55 bits per heavy atom. The van der Waals surface area contributed by atoms with Gasteiger partial charge in [-0.3, -0.25) is 0 Å². The average Bonchev–Trinajstić information content (AvgIpc) is 3.35. The van der Waals surface area contributed by atoms with Gasteiger partial charge in [0.15, 0.2) is 11.7 Å². The molecule has 0 radical (unpaired) electrons. The van der Waals surface area contributed by atoms with Crippen molar-refractivity contribution in [1.82, 2.24) is 15.1 Å². The SMILES string of the molecule is c1ccc(COc2ccc(Cc3nc(Cc4cnc(C5CC5)o4)no3)cc2)cc1. The summed E-state index contributed by atoms with van der Waals surface area (Å²) < 4.78 is 17.0. The van der Waals surface area contributed by atoms with E-state index >= 15 is 0 Å². The van der Waals surface area contributed by atoms with Crippen LogP contribution in [0.3, 0.4) is 0 Å². The molecule has 146 valence electrons. The Labute approximate surface area is 168 Å². The minimum absolute atomic E-state index is 0.496. The fourth-order valence-corrected chi connectivity index (χ4v) is 3.13. The smallest absolute Gasteiger partial charge is 0.231 e. The predicted octanol–water partition coefficient (Wildman–Crippen LogP) is 4.70. The lowest BCUT2D eigenvalue weighted by Gasteiger charge is -2.06. The number of hydrogen-bond acceptors (Lipinski definition) is 6. The molecule has 0 aliphatic heterocycles. The first kappa shape index (κ1) is 17.7. The second kappa shape index (κ2) is 7.91. The van der Waals surface area contributed by atoms with Crippen LogP contribution in [0.4, 0.5) is 0 Å². The average molecular weight is 387 g/mol. The van der Waals surface area contributed by atoms with Gasteiger partial charge in [0.1, 0.15) is 18.1 Å². The molecule has 0 amide bonds. The minimum Gasteiger partial charge on any atom is -0.489 e. The first-order chi connectivity index (χ1) is 14.3. The standard InChI is InChI=1S/C23H21N3O3/c1-2-4-17(5-3-1)15-27-19-10-6-16(7-11-19)12-22-25-21(26-29-22)13-20-14-24-23(28-20)18-8-9-18/h1-7,10-11,14,18H,8-9,12-13,15H2. The maximum absolute atomic E-state index is 5.82. The van der Waals surface area contributed by atoms with E-state index in [1.807, 2.05) is 54.6 Å². The third-order valence-electron chi connectivity index (χ3n) is 4.87. The van der Waals surface area contributed by atoms with Gasteiger partial charge in [-0.05, 0) is 36.1 Å². The summed E-state index contributed by atoms with van der Waals surface area (Å²) in [5.41, 5.74) is 2.23. The van der Waals surface area contributed by atoms with Gasteiger partial charge in [0.2, 0.25) is 5.89 Å². The summed E-state index contributed by atoms with van der Waals surface area (Å²) in [6, 6.07) is 18.1. The number of aromatic nitrogens is 3. The van der Waals surface area contributed by atoms with E-state index in [9.17, 15) is 0 Å². The molecule has 6 nitrogen and oxygen atoms in total. The molecule has 1 aliphatic carbocycles. The van der Waals surface area contributed by atoms with Crippen LogP contribution in [0.5, 0.6) is 5.75 Å². The molecule has 1 saturated carbocycles. The molecule has 0 atom stereocenters. The topological polar surface area (TPSA) is 74.2 Å². The van der Waals surface area contributed by atoms with Crippen LogP contribution >= 0.6 is 0 Å². The van der Waals surface area contributed by atoms with Crippen molar-refractivity contribution in [2.24, 2.45) is 0 Å². The van der Waals surface area contributed by atoms with Gasteiger partial charge in [0.25, 0.3) is 0 Å². The highest BCUT2D eigenvalue weighted by atomic mass is 16.5. The zero-order chi connectivity index (χ0) is 19.5. The van der Waals surface area contributed by atoms with Crippen molar-refractivity contribution in [3.05, 3.63) is 95.3 Å². The molecule has 0 unspecified atom stereocenters. The summed E-state index contributed by atoms with van der Waals surface area (Å²) >= 11 is 0. The van der Waals surface area contributed by atoms with Gasteiger partial charge < -0.3 is 13.7 Å². The van der Waals surface area contributed by atoms with Crippen molar-refractivity contribution in [2.75, 3.05) is 0 Å². The molecule has 5 rings (SSSR count). The zero-order valence-corrected chi connectivity index (χ0v) is 16.0. The van der Waals surface area contributed by atoms with Crippen molar-refractivity contribution in [3.8, 4) is 5.75 Å². The fourth-order valence-electron chi connectivity index (χ4n) is 3.13. The second-order valence-corrected chi connectivity index (χ2v) is 7.32. The first-order valence-electron chi connectivity index (χ1n) is 9.83. The summed E-state index contributed by atoms with van der Waals surface area (Å²) in [6.07, 6.45) is 5.17. The van der Waals surface area contributed by atoms with Crippen LogP contribution in [0.25, 0.3) is 0 Å². The minimum atomic E-state index is 0.496. The van der Waals surface area contributed by atoms with Crippen molar-refractivity contribution < 1.29 is 13.7 Å². The highest BCUT2D eigenvalue weighted by molar-refractivity contribution is 5.29. The molecule has 0 spiro atoms. The van der Waals surface area contributed by atoms with E-state index < -0.39 is 0 Å². The van der Waals surface area contributed by atoms with Gasteiger partial charge in [0, 0.05) is 5.92 Å². The van der Waals surface area contributed by atoms with Crippen molar-refractivity contribution in [1.29, 1.82) is 0 Å². The summed E-state index contributed by atoms with van der Waals surface area (Å²) in [5, 5.41) is 4.06. The van der Waals surface area contributed by atoms with Crippen LogP contribution in [0, 0.1) is 0 Å². The van der Waals surface area contributed by atoms with Crippen LogP contribution in [-0.2, 0) is 19.4 Å². The Hall–Kier alpha value is -3.41. The molecule has 29 heavy (non-hydrogen) atoms. The highest BCUT2D eigenvalue weighted by Crippen LogP contribution is 2.39. The van der Waals surface area contributed by atoms with Gasteiger partial charge >= 0.3 is 0 Å². The van der Waals surface area contributed by atoms with Crippen LogP contribution < -0.4 is 4.74 Å². The maximum Gasteiger partial charge on any atom is 0.231 e. The highest BCUT2D eigenvalue weighted by Gasteiger charge is 2.28. The lowest BCUT2D eigenvalue weighted by molar-refractivity contribution is 0.306. The molecule has 4 aromatic rings. The van der Waals surface area contributed by atoms with Gasteiger partial charge in [-0.15, -0.1) is 0 Å². The molecule has 1 fully saturated rings. The quantitative estimate of drug-likeness (QED) is 0.436. The van der Waals surface area contributed by atoms with Crippen LogP contribution in [0.2, 0.25) is 0 Å². The molecular weight excluding hydrogens is 366 g/mol. The third kappa shape index (κ3) is 4.54. The Balaban J connectivity index is 1.16. The number of nitrogens with zero attached hydrogens (tertiary/aromatic N) is 3. The van der Waals surface area contributed by atoms with E-state index in [4.69, 9.17) is 13.7 Å². The molecule has 0 N–H and O–H groups in total. The Kier molecular flexibility index (Phi) is 4.82. The maximum atomic E-state index is 5.82. The zero-order valence-electron chi connectivity index (χ0n) is 16.0. The predicted molar refractivity (Wildman–Crippen MR) is 106 cm³/mol. The van der Waals surface area contributed by atoms with Gasteiger partial charge in [-0.1, -0.05) is 47.6 Å². The van der Waals surface area contributed by atoms with E-state index in [2.05, 4.69) is 15.1 Å². The molecule has 1 aliphatic rings. The van der Waals surface area contributed by atoms with Crippen molar-refractivity contribution in [2.45, 2.75) is 38.2 Å². The molecule has 2 aromatic carbocycles. The van der Waals surface area contributed by atoms with E-state index in [-0.39, 0.29) is 0 Å². The monoisotopic (exact) mass is 387 g/mol. The molecular formula is C23H21N3O3. The summed E-state index contributed by atoms with van der Waals surface area (Å²) in [4.78, 5) is 8.80. The van der Waals surface area contributed by atoms with Gasteiger partial charge in [-0.25, -0.2) is 4.98 Å². The Morgan fingerprint density at radius 1 is 0.931 bits per heavy atom. The lowest BCUT2D eigenvalue weighted by Crippen LogP contribution is -1.95. The largest absolute Gasteiger partial charge is 0.489 e. The van der Waals surface area contributed by atoms with E-state index in [0.29, 0.717) is 37.1 Å². The fraction of sp³-hybridized carbons (Fsp3) is 0.261. The van der Waals surface area contributed by atoms with Crippen molar-refractivity contribution >= 4 is 0 Å². The van der Waals surface area contributed by atoms with E-state index in [1.54, 1.807) is 6.20 Å². The van der Waals surface area contributed by atoms with Gasteiger partial charge in [-0.2, -0.15) is 4.98 Å². The first-order valence-corrected chi connectivity index (χ1v) is 9.83. The lowest BCUT2D eigenvalue weighted by atomic mass is 10.1. The summed E-state index contributed by atoms with van der Waals surface area (Å²) in [6.45, 7) is 0.553. The van der Waals surface area contributed by atoms with Crippen LogP contribution in [-0.4, -0.2) is 15.1 Å². The number of rotatable bonds is 8. The Morgan fingerprint density at radius 2 is 1.76 bits per heavy atom.